The van der Waals surface area contributed by atoms with Gasteiger partial charge in [-0.2, -0.15) is 4.98 Å². The maximum absolute atomic E-state index is 13.4. The van der Waals surface area contributed by atoms with Gasteiger partial charge in [0.15, 0.2) is 0 Å². The second-order valence-electron chi connectivity index (χ2n) is 8.78. The van der Waals surface area contributed by atoms with Crippen LogP contribution in [0.3, 0.4) is 0 Å². The molecule has 0 radical (unpaired) electrons. The summed E-state index contributed by atoms with van der Waals surface area (Å²) in [4.78, 5) is 26.9. The van der Waals surface area contributed by atoms with E-state index in [1.807, 2.05) is 24.3 Å². The highest BCUT2D eigenvalue weighted by atomic mass is 35.5. The van der Waals surface area contributed by atoms with E-state index in [0.717, 1.165) is 24.5 Å². The lowest BCUT2D eigenvalue weighted by molar-refractivity contribution is 0.416. The first kappa shape index (κ1) is 25.7. The van der Waals surface area contributed by atoms with Crippen LogP contribution in [0, 0.1) is 0 Å². The molecule has 2 aromatic heterocycles. The summed E-state index contributed by atoms with van der Waals surface area (Å²) in [6.45, 7) is 5.82. The van der Waals surface area contributed by atoms with E-state index in [1.54, 1.807) is 37.5 Å². The second-order valence-corrected chi connectivity index (χ2v) is 9.60. The summed E-state index contributed by atoms with van der Waals surface area (Å²) in [5, 5.41) is 4.67. The molecule has 0 unspecified atom stereocenters. The van der Waals surface area contributed by atoms with E-state index < -0.39 is 0 Å². The minimum atomic E-state index is -0.276. The van der Waals surface area contributed by atoms with Gasteiger partial charge in [0.1, 0.15) is 5.65 Å². The number of halogens is 2. The Labute approximate surface area is 220 Å². The lowest BCUT2D eigenvalue weighted by atomic mass is 9.98. The van der Waals surface area contributed by atoms with Crippen molar-refractivity contribution in [2.75, 3.05) is 44.4 Å². The van der Waals surface area contributed by atoms with E-state index in [9.17, 15) is 4.79 Å². The molecule has 4 aromatic rings. The van der Waals surface area contributed by atoms with E-state index in [4.69, 9.17) is 23.2 Å². The summed E-state index contributed by atoms with van der Waals surface area (Å²) < 4.78 is 1.48. The van der Waals surface area contributed by atoms with Gasteiger partial charge in [-0.15, -0.1) is 0 Å². The zero-order valence-corrected chi connectivity index (χ0v) is 22.2. The van der Waals surface area contributed by atoms with Gasteiger partial charge in [-0.1, -0.05) is 41.9 Å². The Morgan fingerprint density at radius 2 is 1.69 bits per heavy atom. The van der Waals surface area contributed by atoms with Crippen molar-refractivity contribution >= 4 is 57.6 Å². The van der Waals surface area contributed by atoms with Gasteiger partial charge in [-0.3, -0.25) is 9.36 Å². The molecule has 0 spiro atoms. The highest BCUT2D eigenvalue weighted by Crippen LogP contribution is 2.37. The van der Waals surface area contributed by atoms with Gasteiger partial charge in [-0.05, 0) is 56.1 Å². The van der Waals surface area contributed by atoms with E-state index >= 15 is 0 Å². The van der Waals surface area contributed by atoms with Crippen LogP contribution in [0.1, 0.15) is 5.56 Å². The third kappa shape index (κ3) is 5.09. The predicted molar refractivity (Wildman–Crippen MR) is 152 cm³/mol. The van der Waals surface area contributed by atoms with Crippen LogP contribution in [-0.2, 0) is 7.05 Å². The number of rotatable bonds is 8. The van der Waals surface area contributed by atoms with E-state index in [-0.39, 0.29) is 5.56 Å². The molecule has 0 aliphatic rings. The van der Waals surface area contributed by atoms with Crippen molar-refractivity contribution in [3.63, 3.8) is 0 Å². The van der Waals surface area contributed by atoms with Gasteiger partial charge in [0.25, 0.3) is 5.56 Å². The lowest BCUT2D eigenvalue weighted by Crippen LogP contribution is -2.28. The fourth-order valence-electron chi connectivity index (χ4n) is 3.99. The number of hydrogen-bond donors (Lipinski definition) is 1. The predicted octanol–water partition coefficient (Wildman–Crippen LogP) is 5.69. The maximum Gasteiger partial charge on any atom is 0.260 e. The van der Waals surface area contributed by atoms with Crippen LogP contribution in [0.4, 0.5) is 17.3 Å². The molecule has 0 aliphatic carbocycles. The Bertz CT molecular complexity index is 1460. The molecule has 7 nitrogen and oxygen atoms in total. The van der Waals surface area contributed by atoms with Gasteiger partial charge >= 0.3 is 0 Å². The molecule has 2 heterocycles. The SMILES string of the molecule is C=Cc1c(-c2c(Cl)cccc2Cl)c(=O)n(C)c2nc(Nc3ccc(N(C)CCN(C)C)cc3)ncc12. The van der Waals surface area contributed by atoms with Crippen LogP contribution in [0.15, 0.2) is 60.0 Å². The highest BCUT2D eigenvalue weighted by molar-refractivity contribution is 6.39. The van der Waals surface area contributed by atoms with Gasteiger partial charge in [-0.25, -0.2) is 4.98 Å². The first-order valence-electron chi connectivity index (χ1n) is 11.4. The standard InChI is InChI=1S/C27H28Cl2N6O/c1-6-19-20-16-30-27(31-17-10-12-18(13-11-17)34(4)15-14-33(2)3)32-25(20)35(5)26(36)23(19)24-21(28)8-7-9-22(24)29/h6-13,16H,1,14-15H2,2-5H3,(H,30,31,32). The van der Waals surface area contributed by atoms with Crippen LogP contribution < -0.4 is 15.8 Å². The summed E-state index contributed by atoms with van der Waals surface area (Å²) in [5.41, 5.74) is 3.57. The summed E-state index contributed by atoms with van der Waals surface area (Å²) in [6.07, 6.45) is 3.29. The van der Waals surface area contributed by atoms with Crippen molar-refractivity contribution in [2.24, 2.45) is 7.05 Å². The molecule has 0 saturated heterocycles. The highest BCUT2D eigenvalue weighted by Gasteiger charge is 2.21. The third-order valence-corrected chi connectivity index (χ3v) is 6.66. The van der Waals surface area contributed by atoms with Crippen molar-refractivity contribution in [3.05, 3.63) is 81.2 Å². The summed E-state index contributed by atoms with van der Waals surface area (Å²) in [6, 6.07) is 13.2. The molecule has 36 heavy (non-hydrogen) atoms. The third-order valence-electron chi connectivity index (χ3n) is 6.03. The van der Waals surface area contributed by atoms with Crippen LogP contribution in [0.5, 0.6) is 0 Å². The van der Waals surface area contributed by atoms with Gasteiger partial charge in [0.2, 0.25) is 5.95 Å². The largest absolute Gasteiger partial charge is 0.373 e. The quantitative estimate of drug-likeness (QED) is 0.320. The number of pyridine rings is 1. The Kier molecular flexibility index (Phi) is 7.64. The van der Waals surface area contributed by atoms with Gasteiger partial charge in [0, 0.05) is 55.7 Å². The smallest absolute Gasteiger partial charge is 0.260 e. The molecule has 4 rings (SSSR count). The first-order valence-corrected chi connectivity index (χ1v) is 12.2. The number of aryl methyl sites for hydroxylation is 1. The molecule has 0 bridgehead atoms. The monoisotopic (exact) mass is 522 g/mol. The number of fused-ring (bicyclic) bond motifs is 1. The Balaban J connectivity index is 1.70. The van der Waals surface area contributed by atoms with Crippen molar-refractivity contribution in [1.29, 1.82) is 0 Å². The molecule has 0 fully saturated rings. The molecule has 2 aromatic carbocycles. The van der Waals surface area contributed by atoms with Gasteiger partial charge in [0.05, 0.1) is 15.6 Å². The maximum atomic E-state index is 13.4. The number of anilines is 3. The molecule has 0 aliphatic heterocycles. The average molecular weight is 523 g/mol. The minimum absolute atomic E-state index is 0.276. The van der Waals surface area contributed by atoms with Crippen LogP contribution >= 0.6 is 23.2 Å². The van der Waals surface area contributed by atoms with Crippen LogP contribution in [0.2, 0.25) is 10.0 Å². The number of nitrogens with one attached hydrogen (secondary N) is 1. The van der Waals surface area contributed by atoms with Crippen molar-refractivity contribution < 1.29 is 0 Å². The van der Waals surface area contributed by atoms with Crippen LogP contribution in [0.25, 0.3) is 28.2 Å². The molecule has 186 valence electrons. The summed E-state index contributed by atoms with van der Waals surface area (Å²) in [7, 11) is 7.86. The topological polar surface area (TPSA) is 66.3 Å². The Morgan fingerprint density at radius 1 is 1.03 bits per heavy atom. The fraction of sp³-hybridized carbons (Fsp3) is 0.222. The number of aromatic nitrogens is 3. The molecule has 0 amide bonds. The molecule has 1 N–H and O–H groups in total. The van der Waals surface area contributed by atoms with Crippen molar-refractivity contribution in [2.45, 2.75) is 0 Å². The zero-order valence-electron chi connectivity index (χ0n) is 20.7. The molecule has 0 saturated carbocycles. The van der Waals surface area contributed by atoms with Crippen molar-refractivity contribution in [1.82, 2.24) is 19.4 Å². The fourth-order valence-corrected chi connectivity index (χ4v) is 4.58. The zero-order chi connectivity index (χ0) is 26.0. The lowest BCUT2D eigenvalue weighted by Gasteiger charge is -2.21. The number of benzene rings is 2. The average Bonchev–Trinajstić information content (AvgIpc) is 2.86. The molecular formula is C27H28Cl2N6O. The Hall–Kier alpha value is -3.39. The minimum Gasteiger partial charge on any atom is -0.373 e. The van der Waals surface area contributed by atoms with E-state index in [0.29, 0.717) is 43.7 Å². The molecule has 0 atom stereocenters. The van der Waals surface area contributed by atoms with Gasteiger partial charge < -0.3 is 15.1 Å². The summed E-state index contributed by atoms with van der Waals surface area (Å²) in [5.74, 6) is 0.379. The Morgan fingerprint density at radius 3 is 2.31 bits per heavy atom. The first-order chi connectivity index (χ1) is 17.2. The normalized spacial score (nSPS) is 11.2. The number of nitrogens with zero attached hydrogens (tertiary/aromatic N) is 5. The van der Waals surface area contributed by atoms with Crippen molar-refractivity contribution in [3.8, 4) is 11.1 Å². The second kappa shape index (κ2) is 10.7. The van der Waals surface area contributed by atoms with E-state index in [1.165, 1.54) is 4.57 Å². The summed E-state index contributed by atoms with van der Waals surface area (Å²) >= 11 is 12.9. The molecule has 9 heteroatoms. The number of likely N-dealkylation sites (N-methyl/N-ethyl adjacent to an activating group) is 2. The number of hydrogen-bond acceptors (Lipinski definition) is 6. The molecular weight excluding hydrogens is 495 g/mol. The van der Waals surface area contributed by atoms with Crippen LogP contribution in [-0.4, -0.2) is 53.7 Å². The van der Waals surface area contributed by atoms with E-state index in [2.05, 4.69) is 52.8 Å².